The third kappa shape index (κ3) is 4.38. The number of benzene rings is 2. The fraction of sp³-hybridized carbons (Fsp3) is 0.188. The molecule has 0 fully saturated rings. The van der Waals surface area contributed by atoms with Crippen molar-refractivity contribution in [3.63, 3.8) is 0 Å². The number of carbonyl (C=O) groups excluding carboxylic acids is 1. The maximum atomic E-state index is 11.9. The summed E-state index contributed by atoms with van der Waals surface area (Å²) in [6, 6.07) is 10.6. The quantitative estimate of drug-likeness (QED) is 0.890. The fourth-order valence-electron chi connectivity index (χ4n) is 1.79. The summed E-state index contributed by atoms with van der Waals surface area (Å²) in [6.07, 6.45) is 0. The minimum Gasteiger partial charge on any atom is -0.483 e. The molecule has 0 heterocycles. The van der Waals surface area contributed by atoms with Gasteiger partial charge in [0, 0.05) is 15.7 Å². The van der Waals surface area contributed by atoms with Crippen molar-refractivity contribution in [1.29, 1.82) is 0 Å². The zero-order chi connectivity index (χ0) is 15.4. The van der Waals surface area contributed by atoms with Crippen molar-refractivity contribution in [2.75, 3.05) is 11.9 Å². The van der Waals surface area contributed by atoms with Gasteiger partial charge >= 0.3 is 0 Å². The average molecular weight is 324 g/mol. The van der Waals surface area contributed by atoms with Gasteiger partial charge in [-0.2, -0.15) is 0 Å². The van der Waals surface area contributed by atoms with E-state index in [1.165, 1.54) is 0 Å². The molecule has 0 bridgehead atoms. The number of rotatable bonds is 4. The predicted molar refractivity (Wildman–Crippen MR) is 86.5 cm³/mol. The van der Waals surface area contributed by atoms with E-state index in [-0.39, 0.29) is 12.5 Å². The van der Waals surface area contributed by atoms with Gasteiger partial charge in [-0.3, -0.25) is 4.79 Å². The van der Waals surface area contributed by atoms with Crippen molar-refractivity contribution in [3.8, 4) is 5.75 Å². The number of halogens is 2. The Hall–Kier alpha value is -1.71. The predicted octanol–water partition coefficient (Wildman–Crippen LogP) is 4.63. The molecule has 5 heteroatoms. The lowest BCUT2D eigenvalue weighted by molar-refractivity contribution is -0.118. The highest BCUT2D eigenvalue weighted by molar-refractivity contribution is 6.31. The van der Waals surface area contributed by atoms with Crippen molar-refractivity contribution in [3.05, 3.63) is 57.6 Å². The highest BCUT2D eigenvalue weighted by atomic mass is 35.5. The second kappa shape index (κ2) is 6.83. The standard InChI is InChI=1S/C16H15Cl2NO2/c1-10-3-5-13(8-14(10)18)19-16(20)9-21-15-6-4-12(17)7-11(15)2/h3-8H,9H2,1-2H3,(H,19,20). The van der Waals surface area contributed by atoms with Crippen LogP contribution in [0.4, 0.5) is 5.69 Å². The maximum absolute atomic E-state index is 11.9. The van der Waals surface area contributed by atoms with Gasteiger partial charge in [-0.25, -0.2) is 0 Å². The first-order valence-corrected chi connectivity index (χ1v) is 7.16. The van der Waals surface area contributed by atoms with Crippen LogP contribution in [0.25, 0.3) is 0 Å². The molecule has 0 aliphatic carbocycles. The van der Waals surface area contributed by atoms with Gasteiger partial charge < -0.3 is 10.1 Å². The number of amides is 1. The first-order valence-electron chi connectivity index (χ1n) is 6.40. The van der Waals surface area contributed by atoms with Crippen molar-refractivity contribution >= 4 is 34.8 Å². The van der Waals surface area contributed by atoms with Gasteiger partial charge in [-0.15, -0.1) is 0 Å². The molecular formula is C16H15Cl2NO2. The molecule has 3 nitrogen and oxygen atoms in total. The molecule has 2 aromatic rings. The molecule has 2 aromatic carbocycles. The summed E-state index contributed by atoms with van der Waals surface area (Å²) in [5, 5.41) is 3.99. The van der Waals surface area contributed by atoms with Crippen LogP contribution in [0.5, 0.6) is 5.75 Å². The number of anilines is 1. The van der Waals surface area contributed by atoms with E-state index in [0.717, 1.165) is 11.1 Å². The Kier molecular flexibility index (Phi) is 5.10. The Balaban J connectivity index is 1.94. The molecule has 0 aliphatic rings. The summed E-state index contributed by atoms with van der Waals surface area (Å²) in [5.74, 6) is 0.390. The van der Waals surface area contributed by atoms with E-state index >= 15 is 0 Å². The van der Waals surface area contributed by atoms with Crippen LogP contribution in [0.3, 0.4) is 0 Å². The molecule has 2 rings (SSSR count). The molecule has 0 saturated heterocycles. The van der Waals surface area contributed by atoms with Gasteiger partial charge in [0.25, 0.3) is 5.91 Å². The Bertz CT molecular complexity index is 671. The van der Waals surface area contributed by atoms with Crippen molar-refractivity contribution in [2.24, 2.45) is 0 Å². The highest BCUT2D eigenvalue weighted by Crippen LogP contribution is 2.22. The van der Waals surface area contributed by atoms with Gasteiger partial charge in [0.2, 0.25) is 0 Å². The highest BCUT2D eigenvalue weighted by Gasteiger charge is 2.07. The van der Waals surface area contributed by atoms with Crippen LogP contribution in [0.1, 0.15) is 11.1 Å². The smallest absolute Gasteiger partial charge is 0.262 e. The lowest BCUT2D eigenvalue weighted by Gasteiger charge is -2.10. The molecule has 21 heavy (non-hydrogen) atoms. The van der Waals surface area contributed by atoms with Crippen LogP contribution < -0.4 is 10.1 Å². The zero-order valence-electron chi connectivity index (χ0n) is 11.7. The summed E-state index contributed by atoms with van der Waals surface area (Å²) in [5.41, 5.74) is 2.49. The number of hydrogen-bond donors (Lipinski definition) is 1. The maximum Gasteiger partial charge on any atom is 0.262 e. The largest absolute Gasteiger partial charge is 0.483 e. The molecular weight excluding hydrogens is 309 g/mol. The van der Waals surface area contributed by atoms with E-state index < -0.39 is 0 Å². The van der Waals surface area contributed by atoms with Crippen LogP contribution in [0, 0.1) is 13.8 Å². The van der Waals surface area contributed by atoms with Crippen LogP contribution in [-0.4, -0.2) is 12.5 Å². The van der Waals surface area contributed by atoms with E-state index in [9.17, 15) is 4.79 Å². The van der Waals surface area contributed by atoms with Crippen LogP contribution >= 0.6 is 23.2 Å². The topological polar surface area (TPSA) is 38.3 Å². The van der Waals surface area contributed by atoms with Crippen molar-refractivity contribution in [2.45, 2.75) is 13.8 Å². The second-order valence-electron chi connectivity index (χ2n) is 4.71. The first-order chi connectivity index (χ1) is 9.95. The van der Waals surface area contributed by atoms with E-state index in [1.807, 2.05) is 19.9 Å². The Morgan fingerprint density at radius 2 is 1.86 bits per heavy atom. The molecule has 1 N–H and O–H groups in total. The minimum atomic E-state index is -0.246. The summed E-state index contributed by atoms with van der Waals surface area (Å²) in [4.78, 5) is 11.9. The summed E-state index contributed by atoms with van der Waals surface area (Å²) in [6.45, 7) is 3.70. The third-order valence-electron chi connectivity index (χ3n) is 2.95. The number of carbonyl (C=O) groups is 1. The van der Waals surface area contributed by atoms with Gasteiger partial charge in [0.05, 0.1) is 0 Å². The van der Waals surface area contributed by atoms with Crippen molar-refractivity contribution < 1.29 is 9.53 Å². The molecule has 110 valence electrons. The molecule has 0 saturated carbocycles. The normalized spacial score (nSPS) is 10.3. The molecule has 0 aliphatic heterocycles. The second-order valence-corrected chi connectivity index (χ2v) is 5.55. The lowest BCUT2D eigenvalue weighted by Crippen LogP contribution is -2.20. The Morgan fingerprint density at radius 3 is 2.52 bits per heavy atom. The number of ether oxygens (including phenoxy) is 1. The SMILES string of the molecule is Cc1ccc(NC(=O)COc2ccc(Cl)cc2C)cc1Cl. The minimum absolute atomic E-state index is 0.0754. The molecule has 0 spiro atoms. The summed E-state index contributed by atoms with van der Waals surface area (Å²) < 4.78 is 5.48. The first kappa shape index (κ1) is 15.7. The van der Waals surface area contributed by atoms with E-state index in [1.54, 1.807) is 30.3 Å². The van der Waals surface area contributed by atoms with Crippen LogP contribution in [-0.2, 0) is 4.79 Å². The Morgan fingerprint density at radius 1 is 1.10 bits per heavy atom. The van der Waals surface area contributed by atoms with Crippen LogP contribution in [0.15, 0.2) is 36.4 Å². The summed E-state index contributed by atoms with van der Waals surface area (Å²) >= 11 is 11.9. The molecule has 0 unspecified atom stereocenters. The zero-order valence-corrected chi connectivity index (χ0v) is 13.3. The third-order valence-corrected chi connectivity index (χ3v) is 3.59. The lowest BCUT2D eigenvalue weighted by atomic mass is 10.2. The molecule has 0 atom stereocenters. The fourth-order valence-corrected chi connectivity index (χ4v) is 2.19. The number of hydrogen-bond acceptors (Lipinski definition) is 2. The molecule has 0 aromatic heterocycles. The monoisotopic (exact) mass is 323 g/mol. The number of nitrogens with one attached hydrogen (secondary N) is 1. The van der Waals surface area contributed by atoms with Gasteiger partial charge in [-0.1, -0.05) is 29.3 Å². The average Bonchev–Trinajstić information content (AvgIpc) is 2.42. The van der Waals surface area contributed by atoms with E-state index in [4.69, 9.17) is 27.9 Å². The molecule has 0 radical (unpaired) electrons. The number of aryl methyl sites for hydroxylation is 2. The Labute approximate surface area is 133 Å². The summed E-state index contributed by atoms with van der Waals surface area (Å²) in [7, 11) is 0. The van der Waals surface area contributed by atoms with Crippen LogP contribution in [0.2, 0.25) is 10.0 Å². The van der Waals surface area contributed by atoms with E-state index in [2.05, 4.69) is 5.32 Å². The van der Waals surface area contributed by atoms with E-state index in [0.29, 0.717) is 21.5 Å². The van der Waals surface area contributed by atoms with Gasteiger partial charge in [-0.05, 0) is 55.3 Å². The molecule has 1 amide bonds. The van der Waals surface area contributed by atoms with Crippen molar-refractivity contribution in [1.82, 2.24) is 0 Å². The van der Waals surface area contributed by atoms with Gasteiger partial charge in [0.15, 0.2) is 6.61 Å². The van der Waals surface area contributed by atoms with Gasteiger partial charge in [0.1, 0.15) is 5.75 Å².